The van der Waals surface area contributed by atoms with E-state index in [0.717, 1.165) is 18.6 Å². The zero-order valence-electron chi connectivity index (χ0n) is 23.9. The number of esters is 1. The second kappa shape index (κ2) is 22.7. The summed E-state index contributed by atoms with van der Waals surface area (Å²) in [5, 5.41) is 8.04. The molecule has 0 aromatic carbocycles. The fourth-order valence-corrected chi connectivity index (χ4v) is 2.15. The van der Waals surface area contributed by atoms with Gasteiger partial charge in [-0.2, -0.15) is 40.5 Å². The maximum atomic E-state index is 14.7. The highest BCUT2D eigenvalue weighted by Gasteiger charge is 2.65. The highest BCUT2D eigenvalue weighted by Crippen LogP contribution is 2.44. The van der Waals surface area contributed by atoms with Crippen LogP contribution in [0.3, 0.4) is 0 Å². The summed E-state index contributed by atoms with van der Waals surface area (Å²) in [7, 11) is 0. The quantitative estimate of drug-likeness (QED) is 0.0127. The molecular formula is C24H25F11O13. The average Bonchev–Trinajstić information content (AvgIpc) is 3.04. The van der Waals surface area contributed by atoms with Crippen LogP contribution in [0.15, 0.2) is 61.1 Å². The average molecular weight is 730 g/mol. The minimum Gasteiger partial charge on any atom is -0.495 e. The van der Waals surface area contributed by atoms with Crippen molar-refractivity contribution in [2.75, 3.05) is 46.3 Å². The minimum absolute atomic E-state index is 0.191. The normalized spacial score (nSPS) is 15.1. The highest BCUT2D eigenvalue weighted by atomic mass is 19.4. The van der Waals surface area contributed by atoms with Crippen molar-refractivity contribution < 1.29 is 111 Å². The third-order valence-corrected chi connectivity index (χ3v) is 4.24. The van der Waals surface area contributed by atoms with Gasteiger partial charge in [0, 0.05) is 23.8 Å². The number of allylic oxidation sites excluding steroid dienone is 3. The lowest BCUT2D eigenvalue weighted by atomic mass is 10.3. The number of halogens is 11. The molecule has 0 saturated heterocycles. The van der Waals surface area contributed by atoms with E-state index in [-0.39, 0.29) is 13.2 Å². The van der Waals surface area contributed by atoms with Crippen LogP contribution in [0.2, 0.25) is 0 Å². The minimum atomic E-state index is -6.74. The molecule has 0 amide bonds. The van der Waals surface area contributed by atoms with Crippen LogP contribution in [-0.4, -0.2) is 82.7 Å². The SMILES string of the molecule is C=CC(=O)OCCOO/C=C\OCC(COCCCOC(F)(OC(F)(F)C(F)(F)F)/C(F)=C(F)/C(F)=C(\F)CF)OOOOC(=O)C=C. The monoisotopic (exact) mass is 730 g/mol. The van der Waals surface area contributed by atoms with Crippen LogP contribution < -0.4 is 0 Å². The first-order valence-corrected chi connectivity index (χ1v) is 12.3. The van der Waals surface area contributed by atoms with Crippen molar-refractivity contribution in [3.05, 3.63) is 61.1 Å². The van der Waals surface area contributed by atoms with Crippen LogP contribution in [0, 0.1) is 0 Å². The Morgan fingerprint density at radius 1 is 0.792 bits per heavy atom. The summed E-state index contributed by atoms with van der Waals surface area (Å²) in [6.07, 6.45) is -12.1. The van der Waals surface area contributed by atoms with Crippen LogP contribution in [0.4, 0.5) is 48.3 Å². The van der Waals surface area contributed by atoms with E-state index >= 15 is 0 Å². The molecule has 0 bridgehead atoms. The summed E-state index contributed by atoms with van der Waals surface area (Å²) in [6, 6.07) is -5.53. The maximum Gasteiger partial charge on any atom is 0.483 e. The van der Waals surface area contributed by atoms with Crippen LogP contribution in [-0.2, 0) is 62.9 Å². The molecule has 0 aliphatic carbocycles. The number of alkyl halides is 7. The molecule has 0 radical (unpaired) electrons. The van der Waals surface area contributed by atoms with Gasteiger partial charge in [-0.15, -0.1) is 0 Å². The zero-order valence-corrected chi connectivity index (χ0v) is 23.9. The summed E-state index contributed by atoms with van der Waals surface area (Å²) in [5.74, 6) is -14.7. The molecule has 0 fully saturated rings. The molecule has 2 unspecified atom stereocenters. The number of hydrogen-bond acceptors (Lipinski definition) is 13. The summed E-state index contributed by atoms with van der Waals surface area (Å²) < 4.78 is 166. The lowest BCUT2D eigenvalue weighted by Gasteiger charge is -2.29. The summed E-state index contributed by atoms with van der Waals surface area (Å²) in [6.45, 7) is 0.177. The smallest absolute Gasteiger partial charge is 0.483 e. The van der Waals surface area contributed by atoms with E-state index in [2.05, 4.69) is 57.0 Å². The Labute approximate surface area is 262 Å². The Balaban J connectivity index is 5.21. The lowest BCUT2D eigenvalue weighted by molar-refractivity contribution is -0.626. The van der Waals surface area contributed by atoms with Crippen LogP contribution >= 0.6 is 0 Å². The van der Waals surface area contributed by atoms with Gasteiger partial charge in [0.2, 0.25) is 11.7 Å². The molecule has 0 aromatic heterocycles. The molecule has 0 spiro atoms. The molecule has 0 rings (SSSR count). The van der Waals surface area contributed by atoms with Crippen molar-refractivity contribution >= 4 is 11.9 Å². The van der Waals surface area contributed by atoms with Crippen LogP contribution in [0.5, 0.6) is 0 Å². The van der Waals surface area contributed by atoms with E-state index in [1.54, 1.807) is 0 Å². The number of carbonyl (C=O) groups excluding carboxylic acids is 2. The molecule has 48 heavy (non-hydrogen) atoms. The fourth-order valence-electron chi connectivity index (χ4n) is 2.15. The Hall–Kier alpha value is -3.81. The molecule has 0 saturated carbocycles. The van der Waals surface area contributed by atoms with Crippen molar-refractivity contribution in [1.29, 1.82) is 0 Å². The van der Waals surface area contributed by atoms with Crippen molar-refractivity contribution in [1.82, 2.24) is 0 Å². The number of rotatable bonds is 26. The Morgan fingerprint density at radius 3 is 2.06 bits per heavy atom. The Bertz CT molecular complexity index is 1120. The van der Waals surface area contributed by atoms with E-state index < -0.39 is 99.2 Å². The Morgan fingerprint density at radius 2 is 1.46 bits per heavy atom. The second-order valence-corrected chi connectivity index (χ2v) is 7.77. The third-order valence-electron chi connectivity index (χ3n) is 4.24. The molecule has 0 N–H and O–H groups in total. The van der Waals surface area contributed by atoms with Gasteiger partial charge in [-0.1, -0.05) is 13.2 Å². The first-order valence-electron chi connectivity index (χ1n) is 12.3. The molecule has 13 nitrogen and oxygen atoms in total. The van der Waals surface area contributed by atoms with Crippen LogP contribution in [0.1, 0.15) is 6.42 Å². The van der Waals surface area contributed by atoms with Gasteiger partial charge in [0.05, 0.1) is 13.2 Å². The van der Waals surface area contributed by atoms with Gasteiger partial charge in [0.15, 0.2) is 24.0 Å². The maximum absolute atomic E-state index is 14.7. The molecule has 0 aliphatic heterocycles. The van der Waals surface area contributed by atoms with E-state index in [1.165, 1.54) is 0 Å². The Kier molecular flexibility index (Phi) is 20.9. The topological polar surface area (TPSA) is 136 Å². The number of hydrogen-bond donors (Lipinski definition) is 0. The lowest BCUT2D eigenvalue weighted by Crippen LogP contribution is -2.48. The van der Waals surface area contributed by atoms with Crippen molar-refractivity contribution in [2.24, 2.45) is 0 Å². The van der Waals surface area contributed by atoms with E-state index in [0.29, 0.717) is 6.08 Å². The van der Waals surface area contributed by atoms with Gasteiger partial charge >= 0.3 is 30.3 Å². The van der Waals surface area contributed by atoms with Gasteiger partial charge in [-0.05, 0) is 11.5 Å². The molecule has 0 heterocycles. The molecule has 2 atom stereocenters. The predicted molar refractivity (Wildman–Crippen MR) is 128 cm³/mol. The molecular weight excluding hydrogens is 705 g/mol. The predicted octanol–water partition coefficient (Wildman–Crippen LogP) is 5.53. The molecule has 276 valence electrons. The first-order chi connectivity index (χ1) is 22.5. The molecule has 24 heteroatoms. The fraction of sp³-hybridized carbons (Fsp3) is 0.500. The van der Waals surface area contributed by atoms with Crippen molar-refractivity contribution in [2.45, 2.75) is 30.9 Å². The largest absolute Gasteiger partial charge is 0.495 e. The van der Waals surface area contributed by atoms with Gasteiger partial charge < -0.3 is 23.8 Å². The van der Waals surface area contributed by atoms with E-state index in [4.69, 9.17) is 9.47 Å². The summed E-state index contributed by atoms with van der Waals surface area (Å²) in [4.78, 5) is 39.5. The van der Waals surface area contributed by atoms with Gasteiger partial charge in [-0.25, -0.2) is 31.9 Å². The van der Waals surface area contributed by atoms with Crippen molar-refractivity contribution in [3.63, 3.8) is 0 Å². The first kappa shape index (κ1) is 44.2. The van der Waals surface area contributed by atoms with E-state index in [9.17, 15) is 57.9 Å². The van der Waals surface area contributed by atoms with Crippen molar-refractivity contribution in [3.8, 4) is 0 Å². The van der Waals surface area contributed by atoms with E-state index in [1.807, 2.05) is 0 Å². The van der Waals surface area contributed by atoms with Gasteiger partial charge in [-0.3, -0.25) is 4.89 Å². The third kappa shape index (κ3) is 17.4. The molecule has 0 aliphatic rings. The highest BCUT2D eigenvalue weighted by molar-refractivity contribution is 5.81. The second-order valence-electron chi connectivity index (χ2n) is 7.77. The van der Waals surface area contributed by atoms with Crippen LogP contribution in [0.25, 0.3) is 0 Å². The number of carbonyl (C=O) groups is 2. The summed E-state index contributed by atoms with van der Waals surface area (Å²) in [5.41, 5.74) is 0. The number of ether oxygens (including phenoxy) is 5. The molecule has 0 aromatic rings. The van der Waals surface area contributed by atoms with Gasteiger partial charge in [0.25, 0.3) is 0 Å². The summed E-state index contributed by atoms with van der Waals surface area (Å²) >= 11 is 0. The zero-order chi connectivity index (χ0) is 36.8. The van der Waals surface area contributed by atoms with Gasteiger partial charge in [0.1, 0.15) is 32.8 Å². The standard InChI is InChI=1S/C24H25F11O13/c1-3-17(36)40-9-11-43-42-10-8-39-14-15(44-47-48-45-18(37)4-2)13-38-6-5-7-41-22(30,46-24(34,35)23(31,32)33)21(29)20(28)19(27)16(26)12-25/h3-4,8,10,15H,1-2,5-7,9,11-14H2/b10-8-,19-16+,21-20+.